The Labute approximate surface area is 96.2 Å². The van der Waals surface area contributed by atoms with E-state index in [0.29, 0.717) is 12.5 Å². The number of rotatable bonds is 8. The number of alkyl halides is 3. The molecule has 0 aromatic rings. The number of nitrogens with zero attached hydrogens (tertiary/aromatic N) is 1. The van der Waals surface area contributed by atoms with Crippen LogP contribution in [0.25, 0.3) is 0 Å². The Hall–Kier alpha value is -0.290. The molecule has 0 aliphatic rings. The summed E-state index contributed by atoms with van der Waals surface area (Å²) in [6, 6.07) is 0. The predicted octanol–water partition coefficient (Wildman–Crippen LogP) is 2.51. The van der Waals surface area contributed by atoms with E-state index in [0.717, 1.165) is 25.9 Å². The molecule has 0 radical (unpaired) electrons. The van der Waals surface area contributed by atoms with Crippen molar-refractivity contribution in [1.29, 1.82) is 0 Å². The van der Waals surface area contributed by atoms with Crippen LogP contribution in [-0.4, -0.2) is 44.3 Å². The van der Waals surface area contributed by atoms with Gasteiger partial charge in [-0.15, -0.1) is 0 Å². The van der Waals surface area contributed by atoms with Crippen molar-refractivity contribution in [2.75, 3.05) is 33.2 Å². The van der Waals surface area contributed by atoms with Crippen LogP contribution >= 0.6 is 0 Å². The second kappa shape index (κ2) is 7.90. The van der Waals surface area contributed by atoms with E-state index in [4.69, 9.17) is 0 Å². The van der Waals surface area contributed by atoms with Gasteiger partial charge >= 0.3 is 6.18 Å². The highest BCUT2D eigenvalue weighted by molar-refractivity contribution is 4.60. The van der Waals surface area contributed by atoms with Crippen molar-refractivity contribution in [2.45, 2.75) is 32.9 Å². The second-order valence-corrected chi connectivity index (χ2v) is 4.42. The molecule has 0 saturated carbocycles. The first-order valence-corrected chi connectivity index (χ1v) is 5.81. The van der Waals surface area contributed by atoms with E-state index in [1.807, 2.05) is 0 Å². The largest absolute Gasteiger partial charge is 0.401 e. The normalized spacial score (nSPS) is 14.4. The lowest BCUT2D eigenvalue weighted by Crippen LogP contribution is -2.33. The van der Waals surface area contributed by atoms with E-state index in [-0.39, 0.29) is 0 Å². The summed E-state index contributed by atoms with van der Waals surface area (Å²) in [5.74, 6) is 0.632. The first-order chi connectivity index (χ1) is 7.35. The molecule has 0 amide bonds. The third-order valence-corrected chi connectivity index (χ3v) is 2.53. The van der Waals surface area contributed by atoms with Gasteiger partial charge in [0, 0.05) is 0 Å². The van der Waals surface area contributed by atoms with Crippen molar-refractivity contribution < 1.29 is 13.2 Å². The molecule has 0 heterocycles. The van der Waals surface area contributed by atoms with Crippen LogP contribution in [0.2, 0.25) is 0 Å². The fourth-order valence-corrected chi connectivity index (χ4v) is 1.35. The van der Waals surface area contributed by atoms with Gasteiger partial charge in [0.2, 0.25) is 0 Å². The minimum absolute atomic E-state index is 0.479. The zero-order chi connectivity index (χ0) is 12.6. The fraction of sp³-hybridized carbons (Fsp3) is 1.00. The third-order valence-electron chi connectivity index (χ3n) is 2.53. The molecule has 16 heavy (non-hydrogen) atoms. The summed E-state index contributed by atoms with van der Waals surface area (Å²) in [5.41, 5.74) is 0. The molecule has 1 N–H and O–H groups in total. The molecule has 5 heteroatoms. The van der Waals surface area contributed by atoms with Gasteiger partial charge < -0.3 is 5.32 Å². The van der Waals surface area contributed by atoms with Gasteiger partial charge in [-0.2, -0.15) is 13.2 Å². The average molecular weight is 240 g/mol. The zero-order valence-corrected chi connectivity index (χ0v) is 10.4. The topological polar surface area (TPSA) is 15.3 Å². The summed E-state index contributed by atoms with van der Waals surface area (Å²) < 4.78 is 35.9. The molecule has 1 unspecified atom stereocenters. The van der Waals surface area contributed by atoms with Crippen LogP contribution in [0.5, 0.6) is 0 Å². The average Bonchev–Trinajstić information content (AvgIpc) is 2.14. The molecule has 0 fully saturated rings. The smallest absolute Gasteiger partial charge is 0.316 e. The molecule has 0 aromatic carbocycles. The Balaban J connectivity index is 3.38. The Morgan fingerprint density at radius 2 is 1.94 bits per heavy atom. The Kier molecular flexibility index (Phi) is 7.76. The molecule has 2 nitrogen and oxygen atoms in total. The van der Waals surface area contributed by atoms with E-state index in [1.54, 1.807) is 0 Å². The number of halogens is 3. The summed E-state index contributed by atoms with van der Waals surface area (Å²) in [7, 11) is 1.50. The summed E-state index contributed by atoms with van der Waals surface area (Å²) in [6.07, 6.45) is -2.21. The van der Waals surface area contributed by atoms with Crippen LogP contribution in [0.4, 0.5) is 13.2 Å². The Morgan fingerprint density at radius 3 is 2.44 bits per heavy atom. The van der Waals surface area contributed by atoms with Gasteiger partial charge in [0.25, 0.3) is 0 Å². The summed E-state index contributed by atoms with van der Waals surface area (Å²) in [6.45, 7) is 5.67. The lowest BCUT2D eigenvalue weighted by atomic mass is 10.1. The molecule has 0 bridgehead atoms. The van der Waals surface area contributed by atoms with Crippen LogP contribution in [-0.2, 0) is 0 Å². The summed E-state index contributed by atoms with van der Waals surface area (Å²) >= 11 is 0. The molecule has 0 rings (SSSR count). The monoisotopic (exact) mass is 240 g/mol. The molecular weight excluding hydrogens is 217 g/mol. The highest BCUT2D eigenvalue weighted by atomic mass is 19.4. The van der Waals surface area contributed by atoms with Crippen LogP contribution in [0, 0.1) is 5.92 Å². The van der Waals surface area contributed by atoms with Crippen molar-refractivity contribution in [2.24, 2.45) is 5.92 Å². The lowest BCUT2D eigenvalue weighted by molar-refractivity contribution is -0.143. The van der Waals surface area contributed by atoms with Crippen molar-refractivity contribution in [1.82, 2.24) is 10.2 Å². The number of hydrogen-bond donors (Lipinski definition) is 1. The van der Waals surface area contributed by atoms with Crippen LogP contribution in [0.1, 0.15) is 26.7 Å². The standard InChI is InChI=1S/C11H23F3N2/c1-4-10(2)8-15-6-5-7-16(3)9-11(12,13)14/h10,15H,4-9H2,1-3H3. The van der Waals surface area contributed by atoms with E-state index < -0.39 is 12.7 Å². The minimum Gasteiger partial charge on any atom is -0.316 e. The van der Waals surface area contributed by atoms with Gasteiger partial charge in [-0.25, -0.2) is 0 Å². The Bertz CT molecular complexity index is 171. The van der Waals surface area contributed by atoms with Crippen LogP contribution in [0.15, 0.2) is 0 Å². The molecule has 98 valence electrons. The molecular formula is C11H23F3N2. The summed E-state index contributed by atoms with van der Waals surface area (Å²) in [4.78, 5) is 1.31. The van der Waals surface area contributed by atoms with Crippen molar-refractivity contribution in [3.8, 4) is 0 Å². The first-order valence-electron chi connectivity index (χ1n) is 5.81. The molecule has 0 spiro atoms. The van der Waals surface area contributed by atoms with Crippen LogP contribution < -0.4 is 5.32 Å². The molecule has 0 saturated heterocycles. The predicted molar refractivity (Wildman–Crippen MR) is 60.5 cm³/mol. The van der Waals surface area contributed by atoms with E-state index in [1.165, 1.54) is 11.9 Å². The summed E-state index contributed by atoms with van der Waals surface area (Å²) in [5, 5.41) is 3.25. The molecule has 1 atom stereocenters. The van der Waals surface area contributed by atoms with Gasteiger partial charge in [-0.05, 0) is 39.0 Å². The second-order valence-electron chi connectivity index (χ2n) is 4.42. The molecule has 0 aliphatic heterocycles. The first kappa shape index (κ1) is 15.7. The third kappa shape index (κ3) is 10.2. The van der Waals surface area contributed by atoms with Gasteiger partial charge in [0.1, 0.15) is 0 Å². The van der Waals surface area contributed by atoms with Gasteiger partial charge in [0.05, 0.1) is 6.54 Å². The molecule has 0 aromatic heterocycles. The van der Waals surface area contributed by atoms with Crippen molar-refractivity contribution in [3.63, 3.8) is 0 Å². The molecule has 0 aliphatic carbocycles. The van der Waals surface area contributed by atoms with Gasteiger partial charge in [-0.1, -0.05) is 20.3 Å². The highest BCUT2D eigenvalue weighted by Gasteiger charge is 2.28. The van der Waals surface area contributed by atoms with E-state index in [9.17, 15) is 13.2 Å². The highest BCUT2D eigenvalue weighted by Crippen LogP contribution is 2.15. The lowest BCUT2D eigenvalue weighted by Gasteiger charge is -2.18. The van der Waals surface area contributed by atoms with Gasteiger partial charge in [0.15, 0.2) is 0 Å². The maximum atomic E-state index is 12.0. The number of hydrogen-bond acceptors (Lipinski definition) is 2. The maximum Gasteiger partial charge on any atom is 0.401 e. The van der Waals surface area contributed by atoms with Crippen molar-refractivity contribution in [3.05, 3.63) is 0 Å². The van der Waals surface area contributed by atoms with E-state index >= 15 is 0 Å². The maximum absolute atomic E-state index is 12.0. The van der Waals surface area contributed by atoms with E-state index in [2.05, 4.69) is 19.2 Å². The number of nitrogens with one attached hydrogen (secondary N) is 1. The van der Waals surface area contributed by atoms with Gasteiger partial charge in [-0.3, -0.25) is 4.90 Å². The van der Waals surface area contributed by atoms with Crippen molar-refractivity contribution >= 4 is 0 Å². The Morgan fingerprint density at radius 1 is 1.31 bits per heavy atom. The fourth-order valence-electron chi connectivity index (χ4n) is 1.35. The quantitative estimate of drug-likeness (QED) is 0.656. The SMILES string of the molecule is CCC(C)CNCCCN(C)CC(F)(F)F. The van der Waals surface area contributed by atoms with Crippen LogP contribution in [0.3, 0.4) is 0 Å². The zero-order valence-electron chi connectivity index (χ0n) is 10.4. The minimum atomic E-state index is -4.08.